The Morgan fingerprint density at radius 3 is 2.67 bits per heavy atom. The van der Waals surface area contributed by atoms with Crippen LogP contribution in [-0.4, -0.2) is 54.6 Å². The van der Waals surface area contributed by atoms with Crippen LogP contribution in [0.25, 0.3) is 5.69 Å². The molecule has 3 rings (SSSR count). The van der Waals surface area contributed by atoms with E-state index in [1.54, 1.807) is 20.2 Å². The number of alkyl carbamates (subject to hydrolysis) is 1. The number of amides is 1. The van der Waals surface area contributed by atoms with Crippen molar-refractivity contribution in [2.75, 3.05) is 26.7 Å². The van der Waals surface area contributed by atoms with Crippen LogP contribution in [0.3, 0.4) is 0 Å². The van der Waals surface area contributed by atoms with Crippen molar-refractivity contribution in [3.05, 3.63) is 48.3 Å². The summed E-state index contributed by atoms with van der Waals surface area (Å²) in [6.07, 6.45) is 6.50. The maximum atomic E-state index is 11.7. The van der Waals surface area contributed by atoms with Gasteiger partial charge in [0.15, 0.2) is 5.96 Å². The third kappa shape index (κ3) is 7.51. The van der Waals surface area contributed by atoms with Gasteiger partial charge in [0.05, 0.1) is 18.3 Å². The molecule has 1 unspecified atom stereocenters. The van der Waals surface area contributed by atoms with Gasteiger partial charge in [-0.3, -0.25) is 4.99 Å². The summed E-state index contributed by atoms with van der Waals surface area (Å²) in [7, 11) is 1.75. The van der Waals surface area contributed by atoms with Crippen LogP contribution in [0.2, 0.25) is 0 Å². The number of aromatic nitrogens is 2. The Kier molecular flexibility index (Phi) is 9.92. The summed E-state index contributed by atoms with van der Waals surface area (Å²) in [5.41, 5.74) is 2.29. The first-order valence-corrected chi connectivity index (χ1v) is 10.2. The molecule has 1 aromatic heterocycles. The summed E-state index contributed by atoms with van der Waals surface area (Å²) in [5.74, 6) is 1.24. The number of carbonyl (C=O) groups excluding carboxylic acids is 1. The average molecular weight is 526 g/mol. The minimum atomic E-state index is -0.354. The van der Waals surface area contributed by atoms with Crippen molar-refractivity contribution < 1.29 is 9.53 Å². The van der Waals surface area contributed by atoms with Gasteiger partial charge in [-0.15, -0.1) is 24.0 Å². The number of carbonyl (C=O) groups is 1. The second-order valence-electron chi connectivity index (χ2n) is 7.06. The van der Waals surface area contributed by atoms with E-state index in [0.29, 0.717) is 19.1 Å². The summed E-state index contributed by atoms with van der Waals surface area (Å²) in [6, 6.07) is 10.3. The first kappa shape index (κ1) is 24.0. The molecule has 1 heterocycles. The fourth-order valence-corrected chi connectivity index (χ4v) is 3.15. The van der Waals surface area contributed by atoms with Gasteiger partial charge in [-0.1, -0.05) is 12.1 Å². The van der Waals surface area contributed by atoms with Gasteiger partial charge >= 0.3 is 6.09 Å². The standard InChI is InChI=1S/C21H30N6O2.HI/c1-3-29-21(28)26-19(17-7-8-17)15-24-20(22-2)23-13-11-16-5-9-18(10-6-16)27-14-4-12-25-27;/h4-6,9-10,12,14,17,19H,3,7-8,11,13,15H2,1-2H3,(H,26,28)(H2,22,23,24);1H. The lowest BCUT2D eigenvalue weighted by Crippen LogP contribution is -2.48. The Morgan fingerprint density at radius 2 is 2.07 bits per heavy atom. The molecule has 1 aromatic carbocycles. The Hall–Kier alpha value is -2.30. The average Bonchev–Trinajstić information content (AvgIpc) is 3.43. The zero-order valence-corrected chi connectivity index (χ0v) is 19.8. The highest BCUT2D eigenvalue weighted by Crippen LogP contribution is 2.32. The number of rotatable bonds is 9. The van der Waals surface area contributed by atoms with E-state index >= 15 is 0 Å². The molecule has 1 aliphatic carbocycles. The van der Waals surface area contributed by atoms with E-state index in [-0.39, 0.29) is 36.1 Å². The smallest absolute Gasteiger partial charge is 0.407 e. The number of benzene rings is 1. The number of ether oxygens (including phenoxy) is 1. The molecule has 1 aliphatic rings. The molecule has 30 heavy (non-hydrogen) atoms. The highest BCUT2D eigenvalue weighted by atomic mass is 127. The van der Waals surface area contributed by atoms with Crippen molar-refractivity contribution in [1.82, 2.24) is 25.7 Å². The minimum absolute atomic E-state index is 0. The fourth-order valence-electron chi connectivity index (χ4n) is 3.15. The topological polar surface area (TPSA) is 92.6 Å². The first-order valence-electron chi connectivity index (χ1n) is 10.2. The van der Waals surface area contributed by atoms with E-state index in [2.05, 4.69) is 50.3 Å². The second kappa shape index (κ2) is 12.4. The summed E-state index contributed by atoms with van der Waals surface area (Å²) in [6.45, 7) is 3.57. The van der Waals surface area contributed by atoms with Crippen LogP contribution in [0.4, 0.5) is 4.79 Å². The molecular formula is C21H31IN6O2. The van der Waals surface area contributed by atoms with E-state index in [4.69, 9.17) is 4.74 Å². The molecule has 0 spiro atoms. The second-order valence-corrected chi connectivity index (χ2v) is 7.06. The van der Waals surface area contributed by atoms with Crippen LogP contribution in [0.15, 0.2) is 47.7 Å². The zero-order chi connectivity index (χ0) is 20.5. The van der Waals surface area contributed by atoms with E-state index in [9.17, 15) is 4.79 Å². The Bertz CT molecular complexity index is 790. The Labute approximate surface area is 194 Å². The number of hydrogen-bond donors (Lipinski definition) is 3. The molecule has 0 saturated heterocycles. The van der Waals surface area contributed by atoms with E-state index in [1.807, 2.05) is 16.9 Å². The zero-order valence-electron chi connectivity index (χ0n) is 17.5. The minimum Gasteiger partial charge on any atom is -0.450 e. The van der Waals surface area contributed by atoms with Crippen LogP contribution < -0.4 is 16.0 Å². The van der Waals surface area contributed by atoms with E-state index < -0.39 is 0 Å². The molecule has 0 bridgehead atoms. The van der Waals surface area contributed by atoms with E-state index in [1.165, 1.54) is 5.56 Å². The number of nitrogens with one attached hydrogen (secondary N) is 3. The van der Waals surface area contributed by atoms with Gasteiger partial charge in [0, 0.05) is 32.5 Å². The normalized spacial score (nSPS) is 14.4. The maximum Gasteiger partial charge on any atom is 0.407 e. The van der Waals surface area contributed by atoms with Crippen molar-refractivity contribution in [2.24, 2.45) is 10.9 Å². The van der Waals surface area contributed by atoms with E-state index in [0.717, 1.165) is 37.5 Å². The van der Waals surface area contributed by atoms with Gasteiger partial charge < -0.3 is 20.7 Å². The summed E-state index contributed by atoms with van der Waals surface area (Å²) in [5, 5.41) is 13.8. The third-order valence-electron chi connectivity index (χ3n) is 4.89. The maximum absolute atomic E-state index is 11.7. The van der Waals surface area contributed by atoms with Gasteiger partial charge in [0.1, 0.15) is 0 Å². The first-order chi connectivity index (χ1) is 14.2. The Morgan fingerprint density at radius 1 is 1.30 bits per heavy atom. The molecule has 2 aromatic rings. The molecule has 3 N–H and O–H groups in total. The van der Waals surface area contributed by atoms with Crippen LogP contribution in [-0.2, 0) is 11.2 Å². The molecular weight excluding hydrogens is 495 g/mol. The van der Waals surface area contributed by atoms with Gasteiger partial charge in [-0.05, 0) is 55.9 Å². The molecule has 1 fully saturated rings. The molecule has 164 valence electrons. The van der Waals surface area contributed by atoms with Gasteiger partial charge in [0.25, 0.3) is 0 Å². The summed E-state index contributed by atoms with van der Waals surface area (Å²) in [4.78, 5) is 16.0. The molecule has 1 saturated carbocycles. The lowest BCUT2D eigenvalue weighted by atomic mass is 10.1. The Balaban J connectivity index is 0.00000320. The lowest BCUT2D eigenvalue weighted by molar-refractivity contribution is 0.146. The third-order valence-corrected chi connectivity index (χ3v) is 4.89. The van der Waals surface area contributed by atoms with Gasteiger partial charge in [-0.2, -0.15) is 5.10 Å². The quantitative estimate of drug-likeness (QED) is 0.266. The molecule has 0 aliphatic heterocycles. The van der Waals surface area contributed by atoms with Crippen molar-refractivity contribution in [2.45, 2.75) is 32.2 Å². The van der Waals surface area contributed by atoms with Crippen molar-refractivity contribution in [1.29, 1.82) is 0 Å². The fraction of sp³-hybridized carbons (Fsp3) is 0.476. The van der Waals surface area contributed by atoms with Gasteiger partial charge in [-0.25, -0.2) is 9.48 Å². The largest absolute Gasteiger partial charge is 0.450 e. The predicted molar refractivity (Wildman–Crippen MR) is 129 cm³/mol. The highest BCUT2D eigenvalue weighted by Gasteiger charge is 2.32. The van der Waals surface area contributed by atoms with Crippen LogP contribution in [0.5, 0.6) is 0 Å². The van der Waals surface area contributed by atoms with Crippen molar-refractivity contribution in [3.63, 3.8) is 0 Å². The number of aliphatic imine (C=N–C) groups is 1. The SMILES string of the molecule is CCOC(=O)NC(CNC(=NC)NCCc1ccc(-n2cccn2)cc1)C1CC1.I. The van der Waals surface area contributed by atoms with Gasteiger partial charge in [0.2, 0.25) is 0 Å². The number of guanidine groups is 1. The number of halogens is 1. The predicted octanol–water partition coefficient (Wildman–Crippen LogP) is 2.72. The number of nitrogens with zero attached hydrogens (tertiary/aromatic N) is 3. The van der Waals surface area contributed by atoms with Crippen LogP contribution in [0, 0.1) is 5.92 Å². The molecule has 0 radical (unpaired) electrons. The van der Waals surface area contributed by atoms with Crippen molar-refractivity contribution in [3.8, 4) is 5.69 Å². The molecule has 8 nitrogen and oxygen atoms in total. The molecule has 9 heteroatoms. The van der Waals surface area contributed by atoms with Crippen molar-refractivity contribution >= 4 is 36.0 Å². The number of hydrogen-bond acceptors (Lipinski definition) is 4. The molecule has 1 amide bonds. The lowest BCUT2D eigenvalue weighted by Gasteiger charge is -2.20. The highest BCUT2D eigenvalue weighted by molar-refractivity contribution is 14.0. The summed E-state index contributed by atoms with van der Waals surface area (Å²) < 4.78 is 6.84. The van der Waals surface area contributed by atoms with Crippen LogP contribution >= 0.6 is 24.0 Å². The summed E-state index contributed by atoms with van der Waals surface area (Å²) >= 11 is 0. The van der Waals surface area contributed by atoms with Crippen LogP contribution in [0.1, 0.15) is 25.3 Å². The molecule has 1 atom stereocenters. The monoisotopic (exact) mass is 526 g/mol.